The van der Waals surface area contributed by atoms with Crippen LogP contribution in [0, 0.1) is 6.92 Å². The Balaban J connectivity index is 1.94. The lowest BCUT2D eigenvalue weighted by Crippen LogP contribution is -2.20. The van der Waals surface area contributed by atoms with Crippen molar-refractivity contribution in [2.24, 2.45) is 0 Å². The van der Waals surface area contributed by atoms with Crippen molar-refractivity contribution in [3.05, 3.63) is 58.4 Å². The highest BCUT2D eigenvalue weighted by Crippen LogP contribution is 2.33. The Morgan fingerprint density at radius 3 is 2.76 bits per heavy atom. The third-order valence-corrected chi connectivity index (χ3v) is 4.60. The molecular formula is C17H14F3N5O3S. The van der Waals surface area contributed by atoms with E-state index in [1.54, 1.807) is 26.1 Å². The normalized spacial score (nSPS) is 12.2. The Bertz CT molecular complexity index is 1260. The molecule has 0 atom stereocenters. The van der Waals surface area contributed by atoms with E-state index in [0.717, 1.165) is 16.7 Å². The van der Waals surface area contributed by atoms with Crippen molar-refractivity contribution >= 4 is 23.5 Å². The zero-order chi connectivity index (χ0) is 20.8. The Labute approximate surface area is 165 Å². The van der Waals surface area contributed by atoms with Crippen molar-refractivity contribution in [2.45, 2.75) is 20.0 Å². The van der Waals surface area contributed by atoms with Crippen LogP contribution in [0.15, 0.2) is 41.6 Å². The van der Waals surface area contributed by atoms with Gasteiger partial charge in [0, 0.05) is 18.6 Å². The van der Waals surface area contributed by atoms with Crippen LogP contribution in [0.4, 0.5) is 13.2 Å². The Morgan fingerprint density at radius 1 is 1.24 bits per heavy atom. The molecule has 0 saturated heterocycles. The van der Waals surface area contributed by atoms with Crippen molar-refractivity contribution < 1.29 is 21.5 Å². The van der Waals surface area contributed by atoms with Gasteiger partial charge >= 0.3 is 6.18 Å². The minimum atomic E-state index is -4.55. The molecule has 152 valence electrons. The first-order valence-electron chi connectivity index (χ1n) is 8.43. The van der Waals surface area contributed by atoms with Crippen LogP contribution in [0.25, 0.3) is 17.0 Å². The largest absolute Gasteiger partial charge is 0.417 e. The van der Waals surface area contributed by atoms with E-state index in [0.29, 0.717) is 30.1 Å². The van der Waals surface area contributed by atoms with Crippen LogP contribution in [0.2, 0.25) is 0 Å². The van der Waals surface area contributed by atoms with E-state index in [1.807, 2.05) is 0 Å². The van der Waals surface area contributed by atoms with E-state index in [1.165, 1.54) is 21.3 Å². The first kappa shape index (κ1) is 19.3. The van der Waals surface area contributed by atoms with Crippen molar-refractivity contribution in [1.82, 2.24) is 23.6 Å². The second kappa shape index (κ2) is 7.12. The molecule has 0 aliphatic heterocycles. The van der Waals surface area contributed by atoms with Crippen LogP contribution in [0.1, 0.15) is 18.2 Å². The number of aromatic nitrogens is 5. The summed E-state index contributed by atoms with van der Waals surface area (Å²) in [5.41, 5.74) is -0.209. The smallest absolute Gasteiger partial charge is 0.377 e. The fourth-order valence-corrected chi connectivity index (χ4v) is 3.16. The molecule has 0 amide bonds. The number of rotatable bonds is 5. The molecule has 4 aromatic rings. The fourth-order valence-electron chi connectivity index (χ4n) is 2.79. The molecule has 0 aliphatic rings. The number of nitrogens with zero attached hydrogens (tertiary/aromatic N) is 5. The van der Waals surface area contributed by atoms with Crippen molar-refractivity contribution in [3.8, 4) is 11.7 Å². The molecule has 4 heterocycles. The van der Waals surface area contributed by atoms with Crippen LogP contribution in [-0.2, 0) is 10.4 Å². The van der Waals surface area contributed by atoms with E-state index in [2.05, 4.69) is 10.1 Å². The summed E-state index contributed by atoms with van der Waals surface area (Å²) in [6.07, 6.45) is -0.713. The van der Waals surface area contributed by atoms with E-state index in [4.69, 9.17) is 8.37 Å². The molecule has 0 bridgehead atoms. The highest BCUT2D eigenvalue weighted by atomic mass is 32.2. The van der Waals surface area contributed by atoms with Gasteiger partial charge in [0.1, 0.15) is 11.2 Å². The predicted molar refractivity (Wildman–Crippen MR) is 99.1 cm³/mol. The van der Waals surface area contributed by atoms with Gasteiger partial charge in [-0.05, 0) is 32.0 Å². The summed E-state index contributed by atoms with van der Waals surface area (Å²) >= 11 is 0.587. The minimum Gasteiger partial charge on any atom is -0.377 e. The number of alkyl halides is 3. The second-order valence-electron chi connectivity index (χ2n) is 6.03. The zero-order valence-corrected chi connectivity index (χ0v) is 16.0. The lowest BCUT2D eigenvalue weighted by molar-refractivity contribution is -0.137. The SMILES string of the molecule is CCOSOc1c(-n2ccn3nc(C)cc3c2=O)nc2ccc(C(F)(F)F)cn12. The standard InChI is InChI=1S/C17H14F3N5O3S/c1-3-27-29-28-16-14(21-13-5-4-11(9-24(13)16)17(18,19)20)23-6-7-25-12(15(23)26)8-10(2)22-25/h4-9H,3H2,1-2H3. The minimum absolute atomic E-state index is 0.0304. The average Bonchev–Trinajstić information content (AvgIpc) is 3.22. The molecule has 0 radical (unpaired) electrons. The van der Waals surface area contributed by atoms with Crippen LogP contribution in [0.3, 0.4) is 0 Å². The maximum Gasteiger partial charge on any atom is 0.417 e. The molecule has 29 heavy (non-hydrogen) atoms. The van der Waals surface area contributed by atoms with Gasteiger partial charge in [0.05, 0.1) is 17.9 Å². The third-order valence-electron chi connectivity index (χ3n) is 4.04. The first-order valence-corrected chi connectivity index (χ1v) is 9.09. The number of imidazole rings is 1. The molecule has 0 saturated carbocycles. The van der Waals surface area contributed by atoms with E-state index >= 15 is 0 Å². The molecule has 4 aromatic heterocycles. The summed E-state index contributed by atoms with van der Waals surface area (Å²) < 4.78 is 53.8. The number of hydrogen-bond acceptors (Lipinski definition) is 6. The number of halogens is 3. The second-order valence-corrected chi connectivity index (χ2v) is 6.57. The summed E-state index contributed by atoms with van der Waals surface area (Å²) in [7, 11) is 0. The van der Waals surface area contributed by atoms with Crippen LogP contribution >= 0.6 is 12.3 Å². The fraction of sp³-hybridized carbons (Fsp3) is 0.235. The van der Waals surface area contributed by atoms with E-state index in [-0.39, 0.29) is 17.3 Å². The molecule has 4 rings (SSSR count). The monoisotopic (exact) mass is 425 g/mol. The summed E-state index contributed by atoms with van der Waals surface area (Å²) in [5.74, 6) is -0.0462. The number of fused-ring (bicyclic) bond motifs is 2. The van der Waals surface area contributed by atoms with Crippen LogP contribution in [0.5, 0.6) is 5.88 Å². The summed E-state index contributed by atoms with van der Waals surface area (Å²) in [6, 6.07) is 3.72. The lowest BCUT2D eigenvalue weighted by Gasteiger charge is -2.09. The van der Waals surface area contributed by atoms with E-state index < -0.39 is 17.3 Å². The van der Waals surface area contributed by atoms with Crippen molar-refractivity contribution in [3.63, 3.8) is 0 Å². The van der Waals surface area contributed by atoms with Gasteiger partial charge in [0.2, 0.25) is 18.1 Å². The zero-order valence-electron chi connectivity index (χ0n) is 15.2. The lowest BCUT2D eigenvalue weighted by atomic mass is 10.3. The van der Waals surface area contributed by atoms with E-state index in [9.17, 15) is 18.0 Å². The molecule has 0 aromatic carbocycles. The Kier molecular flexibility index (Phi) is 4.74. The summed E-state index contributed by atoms with van der Waals surface area (Å²) in [6.45, 7) is 3.78. The molecular weight excluding hydrogens is 411 g/mol. The Hall–Kier alpha value is -2.99. The number of hydrogen-bond donors (Lipinski definition) is 0. The molecule has 0 N–H and O–H groups in total. The van der Waals surface area contributed by atoms with Gasteiger partial charge in [-0.25, -0.2) is 9.50 Å². The topological polar surface area (TPSA) is 75.1 Å². The maximum atomic E-state index is 13.2. The molecule has 12 heteroatoms. The Morgan fingerprint density at radius 2 is 2.03 bits per heavy atom. The number of pyridine rings is 1. The molecule has 8 nitrogen and oxygen atoms in total. The van der Waals surface area contributed by atoms with Crippen molar-refractivity contribution in [1.29, 1.82) is 0 Å². The quantitative estimate of drug-likeness (QED) is 0.360. The summed E-state index contributed by atoms with van der Waals surface area (Å²) in [5, 5.41) is 4.17. The van der Waals surface area contributed by atoms with Gasteiger partial charge in [-0.15, -0.1) is 0 Å². The van der Waals surface area contributed by atoms with Crippen LogP contribution in [-0.4, -0.2) is 30.2 Å². The van der Waals surface area contributed by atoms with Gasteiger partial charge in [0.15, 0.2) is 0 Å². The molecule has 0 aliphatic carbocycles. The molecule has 0 fully saturated rings. The predicted octanol–water partition coefficient (Wildman–Crippen LogP) is 3.44. The van der Waals surface area contributed by atoms with Gasteiger partial charge in [-0.2, -0.15) is 18.3 Å². The van der Waals surface area contributed by atoms with Gasteiger partial charge < -0.3 is 4.18 Å². The maximum absolute atomic E-state index is 13.2. The average molecular weight is 425 g/mol. The third kappa shape index (κ3) is 3.44. The van der Waals surface area contributed by atoms with Gasteiger partial charge in [-0.1, -0.05) is 0 Å². The highest BCUT2D eigenvalue weighted by molar-refractivity contribution is 7.90. The van der Waals surface area contributed by atoms with Gasteiger partial charge in [0.25, 0.3) is 11.4 Å². The molecule has 0 unspecified atom stereocenters. The summed E-state index contributed by atoms with van der Waals surface area (Å²) in [4.78, 5) is 17.2. The first-order chi connectivity index (χ1) is 13.8. The number of aryl methyl sites for hydroxylation is 1. The van der Waals surface area contributed by atoms with Crippen molar-refractivity contribution in [2.75, 3.05) is 6.61 Å². The van der Waals surface area contributed by atoms with Crippen LogP contribution < -0.4 is 9.74 Å². The van der Waals surface area contributed by atoms with Gasteiger partial charge in [-0.3, -0.25) is 17.9 Å². The molecule has 0 spiro atoms. The highest BCUT2D eigenvalue weighted by Gasteiger charge is 2.32.